The summed E-state index contributed by atoms with van der Waals surface area (Å²) < 4.78 is 12.9. The lowest BCUT2D eigenvalue weighted by Gasteiger charge is -2.01. The summed E-state index contributed by atoms with van der Waals surface area (Å²) in [7, 11) is 0. The van der Waals surface area contributed by atoms with Gasteiger partial charge in [-0.2, -0.15) is 0 Å². The monoisotopic (exact) mass is 356 g/mol. The van der Waals surface area contributed by atoms with Crippen molar-refractivity contribution < 1.29 is 14.0 Å². The Balaban J connectivity index is 1.73. The second-order valence-corrected chi connectivity index (χ2v) is 6.04. The van der Waals surface area contributed by atoms with Crippen molar-refractivity contribution >= 4 is 11.6 Å². The summed E-state index contributed by atoms with van der Waals surface area (Å²) in [6.07, 6.45) is 0.986. The van der Waals surface area contributed by atoms with Crippen LogP contribution in [0.15, 0.2) is 72.8 Å². The lowest BCUT2D eigenvalue weighted by Crippen LogP contribution is -2.14. The van der Waals surface area contributed by atoms with Crippen molar-refractivity contribution in [1.29, 1.82) is 0 Å². The first-order valence-corrected chi connectivity index (χ1v) is 8.62. The van der Waals surface area contributed by atoms with E-state index in [2.05, 4.69) is 18.8 Å². The van der Waals surface area contributed by atoms with E-state index in [4.69, 9.17) is 0 Å². The maximum absolute atomic E-state index is 12.9. The maximum Gasteiger partial charge on any atom is 0.233 e. The van der Waals surface area contributed by atoms with Gasteiger partial charge in [0.25, 0.3) is 0 Å². The van der Waals surface area contributed by atoms with E-state index in [9.17, 15) is 14.0 Å². The largest absolute Gasteiger partial charge is 0.285 e. The number of aryl methyl sites for hydroxylation is 1. The minimum absolute atomic E-state index is 0.167. The maximum atomic E-state index is 12.9. The van der Waals surface area contributed by atoms with Crippen molar-refractivity contribution in [3.05, 3.63) is 106 Å². The van der Waals surface area contributed by atoms with E-state index < -0.39 is 17.4 Å². The average molecular weight is 356 g/mol. The van der Waals surface area contributed by atoms with Crippen LogP contribution in [0, 0.1) is 17.7 Å². The molecule has 0 aliphatic heterocycles. The zero-order valence-corrected chi connectivity index (χ0v) is 14.8. The van der Waals surface area contributed by atoms with E-state index in [1.54, 1.807) is 24.3 Å². The van der Waals surface area contributed by atoms with Crippen molar-refractivity contribution in [3.63, 3.8) is 0 Å². The second-order valence-electron chi connectivity index (χ2n) is 6.04. The van der Waals surface area contributed by atoms with Crippen molar-refractivity contribution in [2.45, 2.75) is 13.3 Å². The molecule has 27 heavy (non-hydrogen) atoms. The zero-order chi connectivity index (χ0) is 19.2. The van der Waals surface area contributed by atoms with Crippen LogP contribution in [0.4, 0.5) is 4.39 Å². The Morgan fingerprint density at radius 1 is 0.704 bits per heavy atom. The molecule has 0 aliphatic rings. The van der Waals surface area contributed by atoms with Gasteiger partial charge in [-0.15, -0.1) is 0 Å². The molecule has 0 unspecified atom stereocenters. The van der Waals surface area contributed by atoms with Crippen LogP contribution in [0.1, 0.15) is 44.3 Å². The summed E-state index contributed by atoms with van der Waals surface area (Å²) in [6, 6.07) is 19.5. The Morgan fingerprint density at radius 2 is 1.11 bits per heavy atom. The van der Waals surface area contributed by atoms with Crippen LogP contribution >= 0.6 is 0 Å². The van der Waals surface area contributed by atoms with E-state index >= 15 is 0 Å². The van der Waals surface area contributed by atoms with Crippen LogP contribution in [0.3, 0.4) is 0 Å². The van der Waals surface area contributed by atoms with Crippen LogP contribution in [0.2, 0.25) is 0 Å². The molecule has 2 nitrogen and oxygen atoms in total. The molecule has 0 aliphatic carbocycles. The molecule has 0 spiro atoms. The Kier molecular flexibility index (Phi) is 5.58. The molecule has 0 saturated heterocycles. The molecule has 0 amide bonds. The van der Waals surface area contributed by atoms with Crippen LogP contribution < -0.4 is 0 Å². The number of halogens is 1. The predicted molar refractivity (Wildman–Crippen MR) is 103 cm³/mol. The van der Waals surface area contributed by atoms with Crippen LogP contribution in [-0.4, -0.2) is 11.6 Å². The fourth-order valence-corrected chi connectivity index (χ4v) is 2.54. The molecule has 0 N–H and O–H groups in total. The van der Waals surface area contributed by atoms with Gasteiger partial charge in [-0.05, 0) is 72.6 Å². The highest BCUT2D eigenvalue weighted by atomic mass is 19.1. The van der Waals surface area contributed by atoms with Gasteiger partial charge in [-0.3, -0.25) is 9.59 Å². The highest BCUT2D eigenvalue weighted by Gasteiger charge is 2.18. The Labute approximate surface area is 157 Å². The second kappa shape index (κ2) is 8.25. The fourth-order valence-electron chi connectivity index (χ4n) is 2.54. The number of hydrogen-bond acceptors (Lipinski definition) is 2. The highest BCUT2D eigenvalue weighted by molar-refractivity contribution is 6.49. The SMILES string of the molecule is CCc1ccc(C#Cc2ccc(C(=O)C(=O)c3ccc(F)cc3)cc2)cc1. The number of carbonyl (C=O) groups is 2. The molecule has 3 aromatic rings. The van der Waals surface area contributed by atoms with Crippen molar-refractivity contribution in [1.82, 2.24) is 0 Å². The third-order valence-corrected chi connectivity index (χ3v) is 4.17. The molecule has 0 fully saturated rings. The molecule has 0 atom stereocenters. The van der Waals surface area contributed by atoms with Crippen molar-refractivity contribution in [3.8, 4) is 11.8 Å². The van der Waals surface area contributed by atoms with Gasteiger partial charge in [0.1, 0.15) is 5.82 Å². The normalized spacial score (nSPS) is 10.0. The van der Waals surface area contributed by atoms with Crippen LogP contribution in [0.5, 0.6) is 0 Å². The molecule has 3 heteroatoms. The zero-order valence-electron chi connectivity index (χ0n) is 14.8. The quantitative estimate of drug-likeness (QED) is 0.380. The van der Waals surface area contributed by atoms with E-state index in [-0.39, 0.29) is 11.1 Å². The van der Waals surface area contributed by atoms with Gasteiger partial charge < -0.3 is 0 Å². The molecule has 0 bridgehead atoms. The molecule has 0 aromatic heterocycles. The predicted octanol–water partition coefficient (Wildman–Crippen LogP) is 4.85. The summed E-state index contributed by atoms with van der Waals surface area (Å²) in [6.45, 7) is 2.10. The first kappa shape index (κ1) is 18.3. The first-order chi connectivity index (χ1) is 13.1. The number of carbonyl (C=O) groups excluding carboxylic acids is 2. The van der Waals surface area contributed by atoms with Crippen LogP contribution in [0.25, 0.3) is 0 Å². The van der Waals surface area contributed by atoms with Crippen LogP contribution in [-0.2, 0) is 6.42 Å². The molecular formula is C24H17FO2. The molecular weight excluding hydrogens is 339 g/mol. The van der Waals surface area contributed by atoms with Gasteiger partial charge >= 0.3 is 0 Å². The number of benzene rings is 3. The lowest BCUT2D eigenvalue weighted by atomic mass is 10.0. The van der Waals surface area contributed by atoms with E-state index in [0.29, 0.717) is 0 Å². The van der Waals surface area contributed by atoms with Gasteiger partial charge in [-0.25, -0.2) is 4.39 Å². The van der Waals surface area contributed by atoms with Gasteiger partial charge in [-0.1, -0.05) is 30.9 Å². The average Bonchev–Trinajstić information content (AvgIpc) is 2.72. The topological polar surface area (TPSA) is 34.1 Å². The third-order valence-electron chi connectivity index (χ3n) is 4.17. The van der Waals surface area contributed by atoms with E-state index in [1.807, 2.05) is 24.3 Å². The van der Waals surface area contributed by atoms with Gasteiger partial charge in [0.05, 0.1) is 0 Å². The summed E-state index contributed by atoms with van der Waals surface area (Å²) >= 11 is 0. The molecule has 132 valence electrons. The molecule has 0 radical (unpaired) electrons. The Bertz CT molecular complexity index is 1020. The van der Waals surface area contributed by atoms with Gasteiger partial charge in [0, 0.05) is 22.3 Å². The highest BCUT2D eigenvalue weighted by Crippen LogP contribution is 2.11. The number of hydrogen-bond donors (Lipinski definition) is 0. The fraction of sp³-hybridized carbons (Fsp3) is 0.0833. The van der Waals surface area contributed by atoms with Gasteiger partial charge in [0.15, 0.2) is 0 Å². The molecule has 0 heterocycles. The standard InChI is InChI=1S/C24H17FO2/c1-2-17-3-5-18(6-4-17)7-8-19-9-11-20(12-10-19)23(26)24(27)21-13-15-22(25)16-14-21/h3-6,9-16H,2H2,1H3. The number of rotatable bonds is 4. The van der Waals surface area contributed by atoms with E-state index in [0.717, 1.165) is 29.7 Å². The molecule has 3 rings (SSSR count). The number of Topliss-reactive ketones (excluding diaryl/α,β-unsaturated/α-hetero) is 2. The lowest BCUT2D eigenvalue weighted by molar-refractivity contribution is 0.0817. The Morgan fingerprint density at radius 3 is 1.56 bits per heavy atom. The van der Waals surface area contributed by atoms with Crippen molar-refractivity contribution in [2.75, 3.05) is 0 Å². The minimum Gasteiger partial charge on any atom is -0.285 e. The summed E-state index contributed by atoms with van der Waals surface area (Å²) in [5.74, 6) is 4.38. The number of ketones is 2. The summed E-state index contributed by atoms with van der Waals surface area (Å²) in [5, 5.41) is 0. The minimum atomic E-state index is -0.662. The van der Waals surface area contributed by atoms with Crippen molar-refractivity contribution in [2.24, 2.45) is 0 Å². The molecule has 3 aromatic carbocycles. The molecule has 0 saturated carbocycles. The summed E-state index contributed by atoms with van der Waals surface area (Å²) in [5.41, 5.74) is 3.37. The summed E-state index contributed by atoms with van der Waals surface area (Å²) in [4.78, 5) is 24.5. The smallest absolute Gasteiger partial charge is 0.233 e. The van der Waals surface area contributed by atoms with Gasteiger partial charge in [0.2, 0.25) is 11.6 Å². The Hall–Kier alpha value is -3.51. The third kappa shape index (κ3) is 4.56. The van der Waals surface area contributed by atoms with E-state index in [1.165, 1.54) is 17.7 Å². The first-order valence-electron chi connectivity index (χ1n) is 8.62.